The number of carbonyl (C=O) groups excluding carboxylic acids is 1. The molecule has 4 fully saturated rings. The largest absolute Gasteiger partial charge is 0.322 e. The highest BCUT2D eigenvalue weighted by atomic mass is 35.5. The molecular weight excluding hydrogens is 435 g/mol. The Labute approximate surface area is 191 Å². The second kappa shape index (κ2) is 7.21. The van der Waals surface area contributed by atoms with Crippen LogP contribution < -0.4 is 5.32 Å². The molecule has 4 aliphatic rings. The minimum atomic E-state index is -0.534. The Morgan fingerprint density at radius 1 is 1.13 bits per heavy atom. The fraction of sp³-hybridized carbons (Fsp3) is 0.458. The number of anilines is 1. The van der Waals surface area contributed by atoms with Gasteiger partial charge in [-0.3, -0.25) is 14.9 Å². The molecule has 0 heterocycles. The summed E-state index contributed by atoms with van der Waals surface area (Å²) in [6.45, 7) is 1.94. The molecular formula is C24H24Cl2N2O3. The van der Waals surface area contributed by atoms with Crippen molar-refractivity contribution >= 4 is 40.5 Å². The molecule has 7 heteroatoms. The van der Waals surface area contributed by atoms with E-state index in [1.165, 1.54) is 30.2 Å². The molecule has 2 atom stereocenters. The lowest BCUT2D eigenvalue weighted by Crippen LogP contribution is -2.55. The lowest BCUT2D eigenvalue weighted by atomic mass is 9.47. The molecule has 1 amide bonds. The molecule has 0 radical (unpaired) electrons. The van der Waals surface area contributed by atoms with Gasteiger partial charge in [-0.1, -0.05) is 23.7 Å². The molecule has 0 saturated heterocycles. The van der Waals surface area contributed by atoms with Crippen molar-refractivity contribution < 1.29 is 9.72 Å². The molecule has 1 N–H and O–H groups in total. The van der Waals surface area contributed by atoms with E-state index in [0.29, 0.717) is 17.5 Å². The molecule has 2 aromatic carbocycles. The van der Waals surface area contributed by atoms with Crippen LogP contribution in [0.25, 0.3) is 0 Å². The average Bonchev–Trinajstić information content (AvgIpc) is 2.67. The van der Waals surface area contributed by atoms with Crippen LogP contribution in [0, 0.1) is 28.9 Å². The Morgan fingerprint density at radius 2 is 1.84 bits per heavy atom. The number of amides is 1. The number of alkyl halides is 1. The standard InChI is InChI=1S/C24H24Cl2N2O3/c1-14-2-3-17(23-9-15-6-16(10-23)12-24(26,11-15)13-23)7-21(14)27-22(29)19-8-18(28(30)31)4-5-20(19)25/h2-5,7-8,15-16H,6,9-13H2,1H3,(H,27,29). The summed E-state index contributed by atoms with van der Waals surface area (Å²) in [7, 11) is 0. The van der Waals surface area contributed by atoms with Crippen LogP contribution in [0.1, 0.15) is 60.0 Å². The number of non-ortho nitro benzene ring substituents is 1. The minimum absolute atomic E-state index is 0.0716. The first-order chi connectivity index (χ1) is 14.7. The maximum absolute atomic E-state index is 12.9. The Morgan fingerprint density at radius 3 is 2.48 bits per heavy atom. The van der Waals surface area contributed by atoms with Gasteiger partial charge in [0.2, 0.25) is 0 Å². The zero-order valence-corrected chi connectivity index (χ0v) is 18.8. The molecule has 4 bridgehead atoms. The average molecular weight is 459 g/mol. The Balaban J connectivity index is 1.46. The lowest BCUT2D eigenvalue weighted by Gasteiger charge is -2.60. The highest BCUT2D eigenvalue weighted by Gasteiger charge is 2.57. The van der Waals surface area contributed by atoms with Crippen LogP contribution in [0.5, 0.6) is 0 Å². The molecule has 2 aromatic rings. The van der Waals surface area contributed by atoms with Crippen molar-refractivity contribution in [1.29, 1.82) is 0 Å². The number of benzene rings is 2. The number of aryl methyl sites for hydroxylation is 1. The molecule has 0 spiro atoms. The van der Waals surface area contributed by atoms with E-state index < -0.39 is 10.8 Å². The summed E-state index contributed by atoms with van der Waals surface area (Å²) >= 11 is 13.2. The molecule has 0 aliphatic heterocycles. The third kappa shape index (κ3) is 3.62. The highest BCUT2D eigenvalue weighted by molar-refractivity contribution is 6.34. The van der Waals surface area contributed by atoms with Crippen LogP contribution in [0.15, 0.2) is 36.4 Å². The lowest BCUT2D eigenvalue weighted by molar-refractivity contribution is -0.384. The van der Waals surface area contributed by atoms with Crippen LogP contribution in [0.4, 0.5) is 11.4 Å². The third-order valence-corrected chi connectivity index (χ3v) is 8.27. The smallest absolute Gasteiger partial charge is 0.270 e. The molecule has 2 unspecified atom stereocenters. The minimum Gasteiger partial charge on any atom is -0.322 e. The van der Waals surface area contributed by atoms with Crippen molar-refractivity contribution in [3.63, 3.8) is 0 Å². The van der Waals surface area contributed by atoms with E-state index in [9.17, 15) is 14.9 Å². The molecule has 4 saturated carbocycles. The van der Waals surface area contributed by atoms with Gasteiger partial charge in [0.25, 0.3) is 11.6 Å². The molecule has 162 valence electrons. The van der Waals surface area contributed by atoms with Gasteiger partial charge in [-0.05, 0) is 86.0 Å². The number of hydrogen-bond acceptors (Lipinski definition) is 3. The fourth-order valence-electron chi connectivity index (χ4n) is 6.57. The molecule has 4 aliphatic carbocycles. The van der Waals surface area contributed by atoms with E-state index in [1.54, 1.807) is 0 Å². The van der Waals surface area contributed by atoms with Crippen molar-refractivity contribution in [1.82, 2.24) is 0 Å². The van der Waals surface area contributed by atoms with Crippen molar-refractivity contribution in [2.24, 2.45) is 11.8 Å². The van der Waals surface area contributed by atoms with E-state index in [1.807, 2.05) is 13.0 Å². The number of hydrogen-bond donors (Lipinski definition) is 1. The van der Waals surface area contributed by atoms with Crippen LogP contribution >= 0.6 is 23.2 Å². The molecule has 5 nitrogen and oxygen atoms in total. The van der Waals surface area contributed by atoms with Gasteiger partial charge in [0.1, 0.15) is 0 Å². The number of nitro groups is 1. The number of rotatable bonds is 4. The van der Waals surface area contributed by atoms with Crippen molar-refractivity contribution in [2.75, 3.05) is 5.32 Å². The summed E-state index contributed by atoms with van der Waals surface area (Å²) in [4.78, 5) is 23.4. The summed E-state index contributed by atoms with van der Waals surface area (Å²) in [5.74, 6) is 0.914. The van der Waals surface area contributed by atoms with Gasteiger partial charge < -0.3 is 5.32 Å². The van der Waals surface area contributed by atoms with E-state index in [2.05, 4.69) is 17.4 Å². The summed E-state index contributed by atoms with van der Waals surface area (Å²) in [6.07, 6.45) is 6.83. The van der Waals surface area contributed by atoms with Gasteiger partial charge in [-0.25, -0.2) is 0 Å². The van der Waals surface area contributed by atoms with Gasteiger partial charge in [-0.15, -0.1) is 11.6 Å². The quantitative estimate of drug-likeness (QED) is 0.317. The first-order valence-corrected chi connectivity index (χ1v) is 11.5. The normalized spacial score (nSPS) is 30.9. The van der Waals surface area contributed by atoms with Crippen LogP contribution in [-0.2, 0) is 5.41 Å². The zero-order valence-electron chi connectivity index (χ0n) is 17.3. The number of nitrogens with zero attached hydrogens (tertiary/aromatic N) is 1. The van der Waals surface area contributed by atoms with Crippen molar-refractivity contribution in [3.8, 4) is 0 Å². The maximum Gasteiger partial charge on any atom is 0.270 e. The van der Waals surface area contributed by atoms with Gasteiger partial charge in [0.05, 0.1) is 15.5 Å². The molecule has 0 aromatic heterocycles. The molecule has 31 heavy (non-hydrogen) atoms. The van der Waals surface area contributed by atoms with Gasteiger partial charge in [0.15, 0.2) is 0 Å². The second-order valence-corrected chi connectivity index (χ2v) is 11.0. The highest BCUT2D eigenvalue weighted by Crippen LogP contribution is 2.64. The zero-order chi connectivity index (χ0) is 22.0. The first-order valence-electron chi connectivity index (χ1n) is 10.7. The van der Waals surface area contributed by atoms with E-state index in [4.69, 9.17) is 23.2 Å². The number of nitro benzene ring substituents is 1. The predicted octanol–water partition coefficient (Wildman–Crippen LogP) is 6.64. The fourth-order valence-corrected chi connectivity index (χ4v) is 7.46. The second-order valence-electron chi connectivity index (χ2n) is 9.80. The van der Waals surface area contributed by atoms with Crippen molar-refractivity contribution in [2.45, 2.75) is 55.7 Å². The summed E-state index contributed by atoms with van der Waals surface area (Å²) < 4.78 is 0. The van der Waals surface area contributed by atoms with Crippen LogP contribution in [0.2, 0.25) is 5.02 Å². The van der Waals surface area contributed by atoms with E-state index in [-0.39, 0.29) is 26.6 Å². The Bertz CT molecular complexity index is 1090. The van der Waals surface area contributed by atoms with E-state index >= 15 is 0 Å². The first kappa shape index (κ1) is 20.8. The SMILES string of the molecule is Cc1ccc(C23CC4CC(CC(Cl)(C4)C2)C3)cc1NC(=O)c1cc([N+](=O)[O-])ccc1Cl. The topological polar surface area (TPSA) is 72.2 Å². The number of halogens is 2. The number of nitrogens with one attached hydrogen (secondary N) is 1. The summed E-state index contributed by atoms with van der Waals surface area (Å²) in [6, 6.07) is 10.2. The summed E-state index contributed by atoms with van der Waals surface area (Å²) in [5, 5.41) is 14.2. The molecule has 6 rings (SSSR count). The third-order valence-electron chi connectivity index (χ3n) is 7.49. The predicted molar refractivity (Wildman–Crippen MR) is 122 cm³/mol. The van der Waals surface area contributed by atoms with Gasteiger partial charge in [-0.2, -0.15) is 0 Å². The Hall–Kier alpha value is -2.11. The maximum atomic E-state index is 12.9. The number of carbonyl (C=O) groups is 1. The Kier molecular flexibility index (Phi) is 4.83. The van der Waals surface area contributed by atoms with Gasteiger partial charge >= 0.3 is 0 Å². The van der Waals surface area contributed by atoms with Gasteiger partial charge in [0, 0.05) is 22.7 Å². The van der Waals surface area contributed by atoms with Crippen molar-refractivity contribution in [3.05, 3.63) is 68.2 Å². The van der Waals surface area contributed by atoms with Crippen LogP contribution in [0.3, 0.4) is 0 Å². The van der Waals surface area contributed by atoms with Crippen LogP contribution in [-0.4, -0.2) is 15.7 Å². The summed E-state index contributed by atoms with van der Waals surface area (Å²) in [5.41, 5.74) is 2.88. The van der Waals surface area contributed by atoms with E-state index in [0.717, 1.165) is 37.7 Å². The monoisotopic (exact) mass is 458 g/mol.